The SMILES string of the molecule is CCC(CC(=O)O)c1cccc(-c2cc(NC(=N)N)cc(C(F)(F)F)c2)c1CNC=O. The largest absolute Gasteiger partial charge is 0.481 e. The van der Waals surface area contributed by atoms with Crippen LogP contribution in [0, 0.1) is 5.41 Å². The van der Waals surface area contributed by atoms with Crippen molar-refractivity contribution in [3.05, 3.63) is 53.1 Å². The highest BCUT2D eigenvalue weighted by Crippen LogP contribution is 2.38. The minimum absolute atomic E-state index is 0.0108. The fourth-order valence-corrected chi connectivity index (χ4v) is 3.46. The van der Waals surface area contributed by atoms with Gasteiger partial charge >= 0.3 is 12.1 Å². The van der Waals surface area contributed by atoms with E-state index in [1.54, 1.807) is 18.2 Å². The van der Waals surface area contributed by atoms with Crippen LogP contribution in [-0.4, -0.2) is 23.4 Å². The van der Waals surface area contributed by atoms with Crippen molar-refractivity contribution in [2.24, 2.45) is 5.73 Å². The summed E-state index contributed by atoms with van der Waals surface area (Å²) in [5.41, 5.74) is 6.08. The number of rotatable bonds is 9. The summed E-state index contributed by atoms with van der Waals surface area (Å²) in [5, 5.41) is 21.5. The van der Waals surface area contributed by atoms with Crippen LogP contribution in [0.1, 0.15) is 42.4 Å². The van der Waals surface area contributed by atoms with E-state index >= 15 is 0 Å². The Kier molecular flexibility index (Phi) is 7.62. The number of anilines is 1. The first-order valence-corrected chi connectivity index (χ1v) is 9.41. The summed E-state index contributed by atoms with van der Waals surface area (Å²) in [7, 11) is 0. The molecule has 0 heterocycles. The number of halogens is 3. The molecule has 1 atom stereocenters. The van der Waals surface area contributed by atoms with Crippen molar-refractivity contribution in [1.82, 2.24) is 5.32 Å². The molecule has 0 aromatic heterocycles. The van der Waals surface area contributed by atoms with Gasteiger partial charge in [0.25, 0.3) is 0 Å². The van der Waals surface area contributed by atoms with Crippen LogP contribution < -0.4 is 16.4 Å². The van der Waals surface area contributed by atoms with E-state index in [1.165, 1.54) is 6.07 Å². The summed E-state index contributed by atoms with van der Waals surface area (Å²) < 4.78 is 40.4. The molecule has 0 spiro atoms. The van der Waals surface area contributed by atoms with Crippen LogP contribution in [0.4, 0.5) is 18.9 Å². The molecule has 0 saturated heterocycles. The van der Waals surface area contributed by atoms with Crippen molar-refractivity contribution in [2.45, 2.75) is 38.4 Å². The fourth-order valence-electron chi connectivity index (χ4n) is 3.46. The molecule has 1 amide bonds. The van der Waals surface area contributed by atoms with Gasteiger partial charge in [0.05, 0.1) is 12.0 Å². The van der Waals surface area contributed by atoms with Gasteiger partial charge in [-0.15, -0.1) is 0 Å². The van der Waals surface area contributed by atoms with Gasteiger partial charge < -0.3 is 21.5 Å². The molecule has 2 rings (SSSR count). The number of amides is 1. The molecule has 0 aliphatic rings. The molecular weight excluding hydrogens is 413 g/mol. The van der Waals surface area contributed by atoms with Gasteiger partial charge in [0, 0.05) is 12.2 Å². The third kappa shape index (κ3) is 6.21. The molecule has 0 saturated carbocycles. The lowest BCUT2D eigenvalue weighted by Gasteiger charge is -2.22. The number of nitrogens with one attached hydrogen (secondary N) is 3. The predicted molar refractivity (Wildman–Crippen MR) is 111 cm³/mol. The maximum atomic E-state index is 13.5. The number of benzene rings is 2. The maximum absolute atomic E-state index is 13.5. The van der Waals surface area contributed by atoms with E-state index in [9.17, 15) is 27.9 Å². The van der Waals surface area contributed by atoms with Crippen LogP contribution in [0.5, 0.6) is 0 Å². The van der Waals surface area contributed by atoms with Gasteiger partial charge in [0.1, 0.15) is 0 Å². The Morgan fingerprint density at radius 1 is 1.29 bits per heavy atom. The number of alkyl halides is 3. The molecule has 0 fully saturated rings. The van der Waals surface area contributed by atoms with Crippen LogP contribution in [0.3, 0.4) is 0 Å². The second-order valence-corrected chi connectivity index (χ2v) is 6.91. The Hall–Kier alpha value is -3.56. The quantitative estimate of drug-likeness (QED) is 0.231. The maximum Gasteiger partial charge on any atom is 0.416 e. The first-order chi connectivity index (χ1) is 14.6. The number of hydrogen-bond donors (Lipinski definition) is 5. The van der Waals surface area contributed by atoms with Crippen LogP contribution in [0.25, 0.3) is 11.1 Å². The van der Waals surface area contributed by atoms with Gasteiger partial charge in [0.15, 0.2) is 5.96 Å². The number of nitrogens with two attached hydrogens (primary N) is 1. The number of carboxylic acid groups (broad SMARTS) is 1. The van der Waals surface area contributed by atoms with Crippen molar-refractivity contribution in [3.63, 3.8) is 0 Å². The Morgan fingerprint density at radius 3 is 2.55 bits per heavy atom. The topological polar surface area (TPSA) is 128 Å². The average molecular weight is 436 g/mol. The molecule has 0 bridgehead atoms. The van der Waals surface area contributed by atoms with Gasteiger partial charge in [-0.1, -0.05) is 25.1 Å². The molecule has 166 valence electrons. The Labute approximate surface area is 177 Å². The highest BCUT2D eigenvalue weighted by Gasteiger charge is 2.32. The molecule has 7 nitrogen and oxygen atoms in total. The number of guanidine groups is 1. The monoisotopic (exact) mass is 436 g/mol. The number of carbonyl (C=O) groups excluding carboxylic acids is 1. The molecule has 0 radical (unpaired) electrons. The minimum atomic E-state index is -4.64. The molecular formula is C21H23F3N4O3. The molecule has 1 unspecified atom stereocenters. The zero-order valence-corrected chi connectivity index (χ0v) is 16.7. The first-order valence-electron chi connectivity index (χ1n) is 9.41. The Morgan fingerprint density at radius 2 is 2.00 bits per heavy atom. The molecule has 0 aliphatic heterocycles. The van der Waals surface area contributed by atoms with E-state index < -0.39 is 23.7 Å². The summed E-state index contributed by atoms with van der Waals surface area (Å²) in [4.78, 5) is 22.2. The van der Waals surface area contributed by atoms with Gasteiger partial charge in [-0.05, 0) is 52.8 Å². The predicted octanol–water partition coefficient (Wildman–Crippen LogP) is 3.89. The lowest BCUT2D eigenvalue weighted by Crippen LogP contribution is -2.21. The van der Waals surface area contributed by atoms with E-state index in [2.05, 4.69) is 10.6 Å². The van der Waals surface area contributed by atoms with Crippen LogP contribution >= 0.6 is 0 Å². The zero-order valence-electron chi connectivity index (χ0n) is 16.7. The van der Waals surface area contributed by atoms with Crippen LogP contribution in [-0.2, 0) is 22.3 Å². The van der Waals surface area contributed by atoms with E-state index in [1.807, 2.05) is 6.92 Å². The average Bonchev–Trinajstić information content (AvgIpc) is 2.68. The summed E-state index contributed by atoms with van der Waals surface area (Å²) in [5.74, 6) is -1.91. The zero-order chi connectivity index (χ0) is 23.2. The van der Waals surface area contributed by atoms with Crippen LogP contribution in [0.2, 0.25) is 0 Å². The van der Waals surface area contributed by atoms with E-state index in [0.29, 0.717) is 29.5 Å². The van der Waals surface area contributed by atoms with Crippen molar-refractivity contribution >= 4 is 24.0 Å². The first kappa shape index (κ1) is 23.7. The lowest BCUT2D eigenvalue weighted by atomic mass is 9.85. The summed E-state index contributed by atoms with van der Waals surface area (Å²) in [6.45, 7) is 1.83. The fraction of sp³-hybridized carbons (Fsp3) is 0.286. The number of carbonyl (C=O) groups is 2. The van der Waals surface area contributed by atoms with Crippen molar-refractivity contribution in [3.8, 4) is 11.1 Å². The standard InChI is InChI=1S/C21H23F3N4O3/c1-2-12(8-19(30)31)16-4-3-5-17(18(16)10-27-11-29)13-6-14(21(22,23)24)9-15(7-13)28-20(25)26/h3-7,9,11-12H,2,8,10H2,1H3,(H,27,29)(H,30,31)(H4,25,26,28). The summed E-state index contributed by atoms with van der Waals surface area (Å²) in [6, 6.07) is 8.18. The third-order valence-electron chi connectivity index (χ3n) is 4.78. The van der Waals surface area contributed by atoms with Crippen molar-refractivity contribution < 1.29 is 27.9 Å². The molecule has 31 heavy (non-hydrogen) atoms. The number of aliphatic carboxylic acids is 1. The van der Waals surface area contributed by atoms with E-state index in [-0.39, 0.29) is 30.1 Å². The lowest BCUT2D eigenvalue weighted by molar-refractivity contribution is -0.138. The Balaban J connectivity index is 2.73. The molecule has 2 aromatic rings. The van der Waals surface area contributed by atoms with E-state index in [0.717, 1.165) is 12.1 Å². The second kappa shape index (κ2) is 9.96. The van der Waals surface area contributed by atoms with Gasteiger partial charge in [0.2, 0.25) is 6.41 Å². The summed E-state index contributed by atoms with van der Waals surface area (Å²) in [6.07, 6.45) is -3.84. The molecule has 0 aliphatic carbocycles. The van der Waals surface area contributed by atoms with Crippen LogP contribution in [0.15, 0.2) is 36.4 Å². The molecule has 2 aromatic carbocycles. The smallest absolute Gasteiger partial charge is 0.416 e. The molecule has 6 N–H and O–H groups in total. The van der Waals surface area contributed by atoms with E-state index in [4.69, 9.17) is 11.1 Å². The minimum Gasteiger partial charge on any atom is -0.481 e. The number of hydrogen-bond acceptors (Lipinski definition) is 3. The highest BCUT2D eigenvalue weighted by molar-refractivity contribution is 5.91. The summed E-state index contributed by atoms with van der Waals surface area (Å²) >= 11 is 0. The molecule has 10 heteroatoms. The van der Waals surface area contributed by atoms with Gasteiger partial charge in [-0.3, -0.25) is 15.0 Å². The van der Waals surface area contributed by atoms with Crippen molar-refractivity contribution in [2.75, 3.05) is 5.32 Å². The number of carboxylic acids is 1. The third-order valence-corrected chi connectivity index (χ3v) is 4.78. The van der Waals surface area contributed by atoms with Crippen molar-refractivity contribution in [1.29, 1.82) is 5.41 Å². The second-order valence-electron chi connectivity index (χ2n) is 6.91. The van der Waals surface area contributed by atoms with Gasteiger partial charge in [-0.25, -0.2) is 0 Å². The van der Waals surface area contributed by atoms with Gasteiger partial charge in [-0.2, -0.15) is 13.2 Å². The highest BCUT2D eigenvalue weighted by atomic mass is 19.4. The normalized spacial score (nSPS) is 12.1. The Bertz CT molecular complexity index is 977.